The minimum atomic E-state index is -1.57. The summed E-state index contributed by atoms with van der Waals surface area (Å²) in [5.41, 5.74) is -0.211. The highest BCUT2D eigenvalue weighted by molar-refractivity contribution is 5.38. The number of benzene rings is 1. The van der Waals surface area contributed by atoms with Gasteiger partial charge >= 0.3 is 0 Å². The molecular formula is C12H15NO8. The number of nitrogens with zero attached hydrogens (tertiary/aromatic N) is 1. The number of nitro benzene ring substituents is 1. The molecule has 1 aromatic carbocycles. The van der Waals surface area contributed by atoms with E-state index in [0.717, 1.165) is 6.07 Å². The lowest BCUT2D eigenvalue weighted by Gasteiger charge is -2.39. The molecule has 2 rings (SSSR count). The summed E-state index contributed by atoms with van der Waals surface area (Å²) in [5, 5.41) is 48.7. The van der Waals surface area contributed by atoms with E-state index in [9.17, 15) is 25.4 Å². The van der Waals surface area contributed by atoms with Crippen molar-refractivity contribution >= 4 is 5.69 Å². The van der Waals surface area contributed by atoms with Gasteiger partial charge in [-0.2, -0.15) is 0 Å². The molecule has 1 aromatic rings. The smallest absolute Gasteiger partial charge is 0.273 e. The molecule has 1 fully saturated rings. The predicted molar refractivity (Wildman–Crippen MR) is 67.5 cm³/mol. The number of aliphatic hydroxyl groups is 4. The first kappa shape index (κ1) is 15.6. The molecule has 0 bridgehead atoms. The van der Waals surface area contributed by atoms with Gasteiger partial charge < -0.3 is 29.9 Å². The molecule has 0 aromatic heterocycles. The van der Waals surface area contributed by atoms with Gasteiger partial charge in [-0.25, -0.2) is 0 Å². The van der Waals surface area contributed by atoms with Gasteiger partial charge in [-0.3, -0.25) is 10.1 Å². The van der Waals surface area contributed by atoms with Crippen LogP contribution in [0.4, 0.5) is 5.69 Å². The molecule has 5 atom stereocenters. The molecule has 21 heavy (non-hydrogen) atoms. The van der Waals surface area contributed by atoms with E-state index in [1.807, 2.05) is 0 Å². The normalized spacial score (nSPS) is 32.7. The zero-order valence-corrected chi connectivity index (χ0v) is 10.8. The number of ether oxygens (including phenoxy) is 2. The molecular weight excluding hydrogens is 286 g/mol. The molecule has 1 heterocycles. The number of aliphatic hydroxyl groups excluding tert-OH is 4. The highest BCUT2D eigenvalue weighted by atomic mass is 16.7. The van der Waals surface area contributed by atoms with Gasteiger partial charge in [0.1, 0.15) is 30.2 Å². The Kier molecular flexibility index (Phi) is 4.70. The van der Waals surface area contributed by atoms with Gasteiger partial charge in [-0.1, -0.05) is 6.07 Å². The van der Waals surface area contributed by atoms with Crippen molar-refractivity contribution in [2.24, 2.45) is 0 Å². The molecule has 0 radical (unpaired) electrons. The first-order chi connectivity index (χ1) is 9.93. The van der Waals surface area contributed by atoms with Crippen molar-refractivity contribution in [3.05, 3.63) is 34.4 Å². The van der Waals surface area contributed by atoms with Gasteiger partial charge in [0, 0.05) is 6.07 Å². The number of hydrogen-bond donors (Lipinski definition) is 4. The molecule has 9 nitrogen and oxygen atoms in total. The predicted octanol–water partition coefficient (Wildman–Crippen LogP) is -1.23. The maximum Gasteiger partial charge on any atom is 0.273 e. The molecule has 116 valence electrons. The van der Waals surface area contributed by atoms with Crippen molar-refractivity contribution in [2.75, 3.05) is 6.61 Å². The van der Waals surface area contributed by atoms with Crippen LogP contribution in [0.15, 0.2) is 24.3 Å². The SMILES string of the molecule is O=[N+]([O-])c1cccc(OC2O[C@H](CO)[C@H](O)[C@H](O)[C@H]2O)c1. The molecule has 0 amide bonds. The summed E-state index contributed by atoms with van der Waals surface area (Å²) in [6.07, 6.45) is -7.11. The van der Waals surface area contributed by atoms with Crippen LogP contribution in [0.5, 0.6) is 5.75 Å². The molecule has 1 aliphatic heterocycles. The van der Waals surface area contributed by atoms with E-state index in [0.29, 0.717) is 0 Å². The third-order valence-electron chi connectivity index (χ3n) is 3.13. The molecule has 0 aliphatic carbocycles. The largest absolute Gasteiger partial charge is 0.462 e. The molecule has 9 heteroatoms. The Bertz CT molecular complexity index is 508. The van der Waals surface area contributed by atoms with Crippen LogP contribution in [0.25, 0.3) is 0 Å². The van der Waals surface area contributed by atoms with Crippen molar-refractivity contribution in [2.45, 2.75) is 30.7 Å². The van der Waals surface area contributed by atoms with Crippen molar-refractivity contribution in [1.29, 1.82) is 0 Å². The Morgan fingerprint density at radius 3 is 2.57 bits per heavy atom. The average Bonchev–Trinajstić information content (AvgIpc) is 2.48. The second kappa shape index (κ2) is 6.33. The quantitative estimate of drug-likeness (QED) is 0.400. The van der Waals surface area contributed by atoms with Crippen LogP contribution in [-0.2, 0) is 4.74 Å². The second-order valence-electron chi connectivity index (χ2n) is 4.57. The van der Waals surface area contributed by atoms with E-state index < -0.39 is 42.2 Å². The lowest BCUT2D eigenvalue weighted by Crippen LogP contribution is -2.60. The molecule has 1 aliphatic rings. The highest BCUT2D eigenvalue weighted by Gasteiger charge is 2.44. The molecule has 4 N–H and O–H groups in total. The average molecular weight is 301 g/mol. The third-order valence-corrected chi connectivity index (χ3v) is 3.13. The number of nitro groups is 1. The van der Waals surface area contributed by atoms with E-state index in [1.54, 1.807) is 0 Å². The zero-order valence-electron chi connectivity index (χ0n) is 10.8. The summed E-state index contributed by atoms with van der Waals surface area (Å²) in [7, 11) is 0. The van der Waals surface area contributed by atoms with Gasteiger partial charge in [0.05, 0.1) is 17.6 Å². The minimum Gasteiger partial charge on any atom is -0.462 e. The van der Waals surface area contributed by atoms with Crippen LogP contribution in [0.2, 0.25) is 0 Å². The monoisotopic (exact) mass is 301 g/mol. The standard InChI is InChI=1S/C12H15NO8/c14-5-8-9(15)10(16)11(17)12(21-8)20-7-3-1-2-6(4-7)13(18)19/h1-4,8-12,14-17H,5H2/t8-,9+,10+,11-,12?/m1/s1. The summed E-state index contributed by atoms with van der Waals surface area (Å²) >= 11 is 0. The fourth-order valence-electron chi connectivity index (χ4n) is 1.97. The van der Waals surface area contributed by atoms with E-state index in [-0.39, 0.29) is 11.4 Å². The van der Waals surface area contributed by atoms with Crippen LogP contribution in [0.3, 0.4) is 0 Å². The fraction of sp³-hybridized carbons (Fsp3) is 0.500. The van der Waals surface area contributed by atoms with Crippen molar-refractivity contribution < 1.29 is 34.8 Å². The van der Waals surface area contributed by atoms with Crippen LogP contribution >= 0.6 is 0 Å². The molecule has 0 spiro atoms. The van der Waals surface area contributed by atoms with E-state index in [1.165, 1.54) is 18.2 Å². The van der Waals surface area contributed by atoms with E-state index in [2.05, 4.69) is 0 Å². The first-order valence-electron chi connectivity index (χ1n) is 6.15. The first-order valence-corrected chi connectivity index (χ1v) is 6.15. The van der Waals surface area contributed by atoms with Crippen LogP contribution in [-0.4, -0.2) is 62.7 Å². The van der Waals surface area contributed by atoms with Crippen molar-refractivity contribution in [3.8, 4) is 5.75 Å². The van der Waals surface area contributed by atoms with Gasteiger partial charge in [0.15, 0.2) is 0 Å². The van der Waals surface area contributed by atoms with Gasteiger partial charge in [-0.05, 0) is 6.07 Å². The number of rotatable bonds is 4. The summed E-state index contributed by atoms with van der Waals surface area (Å²) in [6, 6.07) is 5.19. The summed E-state index contributed by atoms with van der Waals surface area (Å²) in [6.45, 7) is -0.584. The number of hydrogen-bond acceptors (Lipinski definition) is 8. The summed E-state index contributed by atoms with van der Waals surface area (Å²) < 4.78 is 10.4. The maximum absolute atomic E-state index is 10.7. The van der Waals surface area contributed by atoms with Crippen LogP contribution < -0.4 is 4.74 Å². The fourth-order valence-corrected chi connectivity index (χ4v) is 1.97. The number of non-ortho nitro benzene ring substituents is 1. The summed E-state index contributed by atoms with van der Waals surface area (Å²) in [4.78, 5) is 10.1. The Hall–Kier alpha value is -1.78. The molecule has 0 saturated carbocycles. The third kappa shape index (κ3) is 3.28. The zero-order chi connectivity index (χ0) is 15.6. The van der Waals surface area contributed by atoms with Crippen LogP contribution in [0, 0.1) is 10.1 Å². The Balaban J connectivity index is 2.14. The minimum absolute atomic E-state index is 0.0496. The molecule has 1 unspecified atom stereocenters. The highest BCUT2D eigenvalue weighted by Crippen LogP contribution is 2.26. The van der Waals surface area contributed by atoms with Crippen LogP contribution in [0.1, 0.15) is 0 Å². The van der Waals surface area contributed by atoms with Gasteiger partial charge in [0.2, 0.25) is 6.29 Å². The molecule has 1 saturated heterocycles. The maximum atomic E-state index is 10.7. The Morgan fingerprint density at radius 1 is 1.24 bits per heavy atom. The van der Waals surface area contributed by atoms with Crippen molar-refractivity contribution in [1.82, 2.24) is 0 Å². The second-order valence-corrected chi connectivity index (χ2v) is 4.57. The lowest BCUT2D eigenvalue weighted by molar-refractivity contribution is -0.385. The van der Waals surface area contributed by atoms with Gasteiger partial charge in [-0.15, -0.1) is 0 Å². The van der Waals surface area contributed by atoms with Gasteiger partial charge in [0.25, 0.3) is 5.69 Å². The summed E-state index contributed by atoms with van der Waals surface area (Å²) in [5.74, 6) is 0.0496. The Morgan fingerprint density at radius 2 is 1.95 bits per heavy atom. The van der Waals surface area contributed by atoms with E-state index >= 15 is 0 Å². The lowest BCUT2D eigenvalue weighted by atomic mass is 9.99. The topological polar surface area (TPSA) is 143 Å². The Labute approximate surface area is 119 Å². The van der Waals surface area contributed by atoms with Crippen molar-refractivity contribution in [3.63, 3.8) is 0 Å². The van der Waals surface area contributed by atoms with E-state index in [4.69, 9.17) is 14.6 Å².